The molecule has 4 atom stereocenters. The fourth-order valence-electron chi connectivity index (χ4n) is 5.58. The van der Waals surface area contributed by atoms with Crippen molar-refractivity contribution in [1.82, 2.24) is 10.6 Å². The van der Waals surface area contributed by atoms with Crippen molar-refractivity contribution in [3.8, 4) is 11.5 Å². The minimum absolute atomic E-state index is 0.308. The first-order valence-electron chi connectivity index (χ1n) is 17.6. The summed E-state index contributed by atoms with van der Waals surface area (Å²) in [7, 11) is 2.39. The number of nitrogens with one attached hydrogen (secondary N) is 2. The molecule has 0 saturated heterocycles. The summed E-state index contributed by atoms with van der Waals surface area (Å²) in [4.78, 5) is 117. The molecule has 2 N–H and O–H groups in total. The number of hydrogen-bond acceptors (Lipinski definition) is 16. The number of ketones is 2. The van der Waals surface area contributed by atoms with Crippen molar-refractivity contribution in [3.63, 3.8) is 0 Å². The minimum Gasteiger partial charge on any atom is -0.431 e. The number of ether oxygens (including phenoxy) is 6. The van der Waals surface area contributed by atoms with Gasteiger partial charge in [-0.1, -0.05) is 60.7 Å². The third-order valence-electron chi connectivity index (χ3n) is 8.11. The Morgan fingerprint density at radius 3 is 1.26 bits per heavy atom. The molecule has 2 aromatic carbocycles. The van der Waals surface area contributed by atoms with E-state index in [1.54, 1.807) is 27.7 Å². The maximum Gasteiger partial charge on any atom is 0.514 e. The second-order valence-electron chi connectivity index (χ2n) is 12.8. The largest absolute Gasteiger partial charge is 0.514 e. The summed E-state index contributed by atoms with van der Waals surface area (Å²) in [6, 6.07) is 10.7. The molecule has 0 saturated carbocycles. The maximum absolute atomic E-state index is 14.4. The highest BCUT2D eigenvalue weighted by Gasteiger charge is 2.55. The molecule has 0 aromatic heterocycles. The standard InChI is InChI=1S/C40H40N2O16/c1-23(2)51-37(49)53-29-19-9-7-15-25(29)31(43)39(55-35(47)41-5)21-13-11-17-27(39)33(45)57-58-34(46)28-18-12-14-22-40(28,56-36(48)42-6)32(44)26-16-8-10-20-30(26)54-38(50)52-24(3)4/h7-24,27-28H,1-6H3,(H,41,47)(H,42,48). The second kappa shape index (κ2) is 19.1. The molecule has 2 aliphatic carbocycles. The van der Waals surface area contributed by atoms with Crippen LogP contribution in [0.25, 0.3) is 0 Å². The molecule has 0 spiro atoms. The molecular weight excluding hydrogens is 764 g/mol. The summed E-state index contributed by atoms with van der Waals surface area (Å²) >= 11 is 0. The number of benzene rings is 2. The van der Waals surface area contributed by atoms with E-state index in [1.807, 2.05) is 0 Å². The van der Waals surface area contributed by atoms with Gasteiger partial charge in [-0.2, -0.15) is 0 Å². The molecule has 306 valence electrons. The Balaban J connectivity index is 1.68. The van der Waals surface area contributed by atoms with Gasteiger partial charge in [0.2, 0.25) is 22.8 Å². The van der Waals surface area contributed by atoms with Gasteiger partial charge < -0.3 is 39.1 Å². The van der Waals surface area contributed by atoms with Crippen LogP contribution in [0, 0.1) is 11.8 Å². The molecule has 0 radical (unpaired) electrons. The van der Waals surface area contributed by atoms with Gasteiger partial charge in [-0.25, -0.2) is 38.5 Å². The number of carbonyl (C=O) groups excluding carboxylic acids is 8. The summed E-state index contributed by atoms with van der Waals surface area (Å²) in [6.07, 6.45) is 3.86. The number of rotatable bonds is 12. The summed E-state index contributed by atoms with van der Waals surface area (Å²) in [6.45, 7) is 6.29. The van der Waals surface area contributed by atoms with Crippen LogP contribution in [0.5, 0.6) is 11.5 Å². The van der Waals surface area contributed by atoms with Crippen LogP contribution in [0.2, 0.25) is 0 Å². The Kier molecular flexibility index (Phi) is 14.3. The average Bonchev–Trinajstić information content (AvgIpc) is 3.19. The summed E-state index contributed by atoms with van der Waals surface area (Å²) in [5, 5.41) is 4.40. The number of allylic oxidation sites excluding steroid dienone is 4. The number of carbonyl (C=O) groups is 8. The normalized spacial score (nSPS) is 20.3. The van der Waals surface area contributed by atoms with Gasteiger partial charge in [0, 0.05) is 14.1 Å². The smallest absolute Gasteiger partial charge is 0.431 e. The van der Waals surface area contributed by atoms with Gasteiger partial charge in [0.1, 0.15) is 23.3 Å². The first-order valence-corrected chi connectivity index (χ1v) is 17.6. The van der Waals surface area contributed by atoms with E-state index in [4.69, 9.17) is 38.2 Å². The maximum atomic E-state index is 14.4. The molecule has 0 fully saturated rings. The van der Waals surface area contributed by atoms with Crippen LogP contribution >= 0.6 is 0 Å². The van der Waals surface area contributed by atoms with Crippen LogP contribution in [-0.2, 0) is 38.3 Å². The zero-order valence-electron chi connectivity index (χ0n) is 32.1. The van der Waals surface area contributed by atoms with E-state index in [-0.39, 0.29) is 22.6 Å². The predicted octanol–water partition coefficient (Wildman–Crippen LogP) is 5.28. The van der Waals surface area contributed by atoms with Gasteiger partial charge in [-0.3, -0.25) is 9.59 Å². The van der Waals surface area contributed by atoms with Crippen LogP contribution in [0.3, 0.4) is 0 Å². The summed E-state index contributed by atoms with van der Waals surface area (Å²) < 4.78 is 31.6. The number of alkyl carbamates (subject to hydrolysis) is 2. The zero-order chi connectivity index (χ0) is 42.6. The van der Waals surface area contributed by atoms with Crippen molar-refractivity contribution < 1.29 is 76.6 Å². The van der Waals surface area contributed by atoms with Gasteiger partial charge in [0.25, 0.3) is 0 Å². The molecule has 4 unspecified atom stereocenters. The van der Waals surface area contributed by atoms with E-state index in [1.165, 1.54) is 86.9 Å². The number of Topliss-reactive ketones (excluding diaryl/α,β-unsaturated/α-hetero) is 2. The summed E-state index contributed by atoms with van der Waals surface area (Å²) in [5.41, 5.74) is -5.71. The molecule has 4 rings (SSSR count). The molecule has 18 heteroatoms. The topological polar surface area (TPSA) is 234 Å². The van der Waals surface area contributed by atoms with E-state index in [0.29, 0.717) is 0 Å². The zero-order valence-corrected chi connectivity index (χ0v) is 32.1. The Morgan fingerprint density at radius 1 is 0.552 bits per heavy atom. The van der Waals surface area contributed by atoms with Crippen molar-refractivity contribution in [2.24, 2.45) is 11.8 Å². The van der Waals surface area contributed by atoms with Crippen LogP contribution < -0.4 is 20.1 Å². The van der Waals surface area contributed by atoms with Crippen molar-refractivity contribution in [3.05, 3.63) is 108 Å². The van der Waals surface area contributed by atoms with Gasteiger partial charge >= 0.3 is 36.4 Å². The Morgan fingerprint density at radius 2 is 0.914 bits per heavy atom. The fraction of sp³-hybridized carbons (Fsp3) is 0.300. The molecule has 2 amide bonds. The predicted molar refractivity (Wildman–Crippen MR) is 198 cm³/mol. The monoisotopic (exact) mass is 804 g/mol. The van der Waals surface area contributed by atoms with E-state index >= 15 is 0 Å². The summed E-state index contributed by atoms with van der Waals surface area (Å²) in [5.74, 6) is -9.36. The number of amides is 2. The lowest BCUT2D eigenvalue weighted by Gasteiger charge is -2.35. The Bertz CT molecular complexity index is 1920. The van der Waals surface area contributed by atoms with Gasteiger partial charge in [-0.15, -0.1) is 0 Å². The quantitative estimate of drug-likeness (QED) is 0.0694. The van der Waals surface area contributed by atoms with Gasteiger partial charge in [0.15, 0.2) is 0 Å². The first kappa shape index (κ1) is 43.5. The van der Waals surface area contributed by atoms with Crippen LogP contribution in [0.15, 0.2) is 97.1 Å². The van der Waals surface area contributed by atoms with Crippen LogP contribution in [-0.4, -0.2) is 85.5 Å². The van der Waals surface area contributed by atoms with E-state index in [9.17, 15) is 38.4 Å². The van der Waals surface area contributed by atoms with Crippen molar-refractivity contribution in [1.29, 1.82) is 0 Å². The first-order chi connectivity index (χ1) is 27.6. The number of para-hydroxylation sites is 2. The minimum atomic E-state index is -2.53. The lowest BCUT2D eigenvalue weighted by Crippen LogP contribution is -2.54. The van der Waals surface area contributed by atoms with Crippen molar-refractivity contribution in [2.45, 2.75) is 51.1 Å². The Hall–Kier alpha value is -7.24. The molecule has 18 nitrogen and oxygen atoms in total. The van der Waals surface area contributed by atoms with Gasteiger partial charge in [0.05, 0.1) is 23.3 Å². The molecule has 58 heavy (non-hydrogen) atoms. The Labute approximate surface area is 331 Å². The van der Waals surface area contributed by atoms with E-state index < -0.39 is 83.2 Å². The lowest BCUT2D eigenvalue weighted by molar-refractivity contribution is -0.267. The third-order valence-corrected chi connectivity index (χ3v) is 8.11. The molecule has 2 aliphatic rings. The molecule has 2 aromatic rings. The second-order valence-corrected chi connectivity index (χ2v) is 12.8. The van der Waals surface area contributed by atoms with Crippen molar-refractivity contribution in [2.75, 3.05) is 14.1 Å². The average molecular weight is 805 g/mol. The van der Waals surface area contributed by atoms with Gasteiger partial charge in [-0.05, 0) is 64.1 Å². The fourth-order valence-corrected chi connectivity index (χ4v) is 5.58. The molecule has 0 bridgehead atoms. The molecule has 0 heterocycles. The SMILES string of the molecule is CNC(=O)OC1(C(=O)c2ccccc2OC(=O)OC(C)C)C=CC=CC1C(=O)OOC(=O)C1C=CC=CC1(OC(=O)NC)C(=O)c1ccccc1OC(=O)OC(C)C. The van der Waals surface area contributed by atoms with E-state index in [0.717, 1.165) is 24.3 Å². The van der Waals surface area contributed by atoms with Crippen molar-refractivity contribution >= 4 is 48.0 Å². The molecular formula is C40H40N2O16. The van der Waals surface area contributed by atoms with E-state index in [2.05, 4.69) is 10.6 Å². The number of hydrogen-bond donors (Lipinski definition) is 2. The third kappa shape index (κ3) is 9.94. The van der Waals surface area contributed by atoms with Crippen LogP contribution in [0.4, 0.5) is 19.2 Å². The highest BCUT2D eigenvalue weighted by molar-refractivity contribution is 6.11. The lowest BCUT2D eigenvalue weighted by atomic mass is 9.77. The highest BCUT2D eigenvalue weighted by Crippen LogP contribution is 2.39. The van der Waals surface area contributed by atoms with Crippen LogP contribution in [0.1, 0.15) is 48.4 Å². The molecule has 0 aliphatic heterocycles. The highest BCUT2D eigenvalue weighted by atomic mass is 17.2.